The normalized spacial score (nSPS) is 25.5. The minimum Gasteiger partial charge on any atom is -0.494 e. The SMILES string of the molecule is CCCOc1ccc(CCC(=O)N(C)C2CC3CCC(C2)N3)cc1. The van der Waals surface area contributed by atoms with Crippen LogP contribution < -0.4 is 10.1 Å². The summed E-state index contributed by atoms with van der Waals surface area (Å²) in [6, 6.07) is 9.82. The molecule has 4 heteroatoms. The molecule has 3 rings (SSSR count). The smallest absolute Gasteiger partial charge is 0.222 e. The third kappa shape index (κ3) is 4.29. The fourth-order valence-electron chi connectivity index (χ4n) is 3.95. The Morgan fingerprint density at radius 2 is 1.88 bits per heavy atom. The van der Waals surface area contributed by atoms with Gasteiger partial charge in [0.1, 0.15) is 5.75 Å². The van der Waals surface area contributed by atoms with Gasteiger partial charge in [-0.2, -0.15) is 0 Å². The Balaban J connectivity index is 1.46. The van der Waals surface area contributed by atoms with Gasteiger partial charge in [0.2, 0.25) is 5.91 Å². The van der Waals surface area contributed by atoms with Crippen LogP contribution in [0.3, 0.4) is 0 Å². The molecule has 4 nitrogen and oxygen atoms in total. The zero-order valence-corrected chi connectivity index (χ0v) is 15.0. The molecule has 2 heterocycles. The summed E-state index contributed by atoms with van der Waals surface area (Å²) in [5.74, 6) is 1.18. The molecular weight excluding hydrogens is 300 g/mol. The lowest BCUT2D eigenvalue weighted by Gasteiger charge is -2.35. The molecule has 0 aromatic heterocycles. The number of ether oxygens (including phenoxy) is 1. The maximum Gasteiger partial charge on any atom is 0.222 e. The molecule has 2 unspecified atom stereocenters. The van der Waals surface area contributed by atoms with Crippen LogP contribution in [-0.2, 0) is 11.2 Å². The summed E-state index contributed by atoms with van der Waals surface area (Å²) in [6.07, 6.45) is 7.18. The number of amides is 1. The summed E-state index contributed by atoms with van der Waals surface area (Å²) in [5.41, 5.74) is 1.20. The van der Waals surface area contributed by atoms with Crippen LogP contribution in [0.4, 0.5) is 0 Å². The number of carbonyl (C=O) groups excluding carboxylic acids is 1. The summed E-state index contributed by atoms with van der Waals surface area (Å²) in [4.78, 5) is 14.5. The summed E-state index contributed by atoms with van der Waals surface area (Å²) in [6.45, 7) is 2.85. The first-order valence-corrected chi connectivity index (χ1v) is 9.39. The topological polar surface area (TPSA) is 41.6 Å². The third-order valence-corrected chi connectivity index (χ3v) is 5.41. The van der Waals surface area contributed by atoms with Crippen LogP contribution in [0.5, 0.6) is 5.75 Å². The molecule has 1 amide bonds. The molecule has 2 bridgehead atoms. The molecular formula is C20H30N2O2. The molecule has 1 N–H and O–H groups in total. The number of hydrogen-bond acceptors (Lipinski definition) is 3. The fourth-order valence-corrected chi connectivity index (χ4v) is 3.95. The second-order valence-corrected chi connectivity index (χ2v) is 7.26. The van der Waals surface area contributed by atoms with Crippen LogP contribution in [-0.4, -0.2) is 42.6 Å². The van der Waals surface area contributed by atoms with E-state index in [4.69, 9.17) is 4.74 Å². The van der Waals surface area contributed by atoms with Gasteiger partial charge in [0.15, 0.2) is 0 Å². The van der Waals surface area contributed by atoms with Crippen LogP contribution >= 0.6 is 0 Å². The molecule has 1 aromatic rings. The summed E-state index contributed by atoms with van der Waals surface area (Å²) < 4.78 is 5.60. The van der Waals surface area contributed by atoms with Crippen molar-refractivity contribution in [2.75, 3.05) is 13.7 Å². The van der Waals surface area contributed by atoms with Crippen molar-refractivity contribution in [3.05, 3.63) is 29.8 Å². The molecule has 0 saturated carbocycles. The maximum atomic E-state index is 12.5. The van der Waals surface area contributed by atoms with Crippen molar-refractivity contribution in [1.29, 1.82) is 0 Å². The van der Waals surface area contributed by atoms with Crippen molar-refractivity contribution < 1.29 is 9.53 Å². The van der Waals surface area contributed by atoms with Crippen LogP contribution in [0.1, 0.15) is 51.0 Å². The van der Waals surface area contributed by atoms with Crippen molar-refractivity contribution in [3.8, 4) is 5.75 Å². The average molecular weight is 330 g/mol. The average Bonchev–Trinajstić information content (AvgIpc) is 2.96. The monoisotopic (exact) mass is 330 g/mol. The Bertz CT molecular complexity index is 531. The van der Waals surface area contributed by atoms with Crippen molar-refractivity contribution >= 4 is 5.91 Å². The number of rotatable bonds is 7. The van der Waals surface area contributed by atoms with Crippen LogP contribution in [0, 0.1) is 0 Å². The van der Waals surface area contributed by atoms with Gasteiger partial charge in [-0.25, -0.2) is 0 Å². The van der Waals surface area contributed by atoms with Crippen molar-refractivity contribution in [2.24, 2.45) is 0 Å². The van der Waals surface area contributed by atoms with Crippen molar-refractivity contribution in [2.45, 2.75) is 70.0 Å². The van der Waals surface area contributed by atoms with E-state index < -0.39 is 0 Å². The van der Waals surface area contributed by atoms with E-state index in [1.165, 1.54) is 18.4 Å². The largest absolute Gasteiger partial charge is 0.494 e. The molecule has 2 atom stereocenters. The second-order valence-electron chi connectivity index (χ2n) is 7.26. The molecule has 0 radical (unpaired) electrons. The number of nitrogens with one attached hydrogen (secondary N) is 1. The number of fused-ring (bicyclic) bond motifs is 2. The van der Waals surface area contributed by atoms with Gasteiger partial charge in [0.05, 0.1) is 6.61 Å². The molecule has 1 aromatic carbocycles. The number of carbonyl (C=O) groups is 1. The first-order chi connectivity index (χ1) is 11.7. The first kappa shape index (κ1) is 17.3. The Kier molecular flexibility index (Phi) is 5.77. The lowest BCUT2D eigenvalue weighted by Crippen LogP contribution is -2.48. The molecule has 2 fully saturated rings. The number of aryl methyl sites for hydroxylation is 1. The van der Waals surface area contributed by atoms with Gasteiger partial charge in [0.25, 0.3) is 0 Å². The lowest BCUT2D eigenvalue weighted by molar-refractivity contribution is -0.132. The highest BCUT2D eigenvalue weighted by Gasteiger charge is 2.36. The van der Waals surface area contributed by atoms with Crippen LogP contribution in [0.2, 0.25) is 0 Å². The second kappa shape index (κ2) is 8.02. The van der Waals surface area contributed by atoms with E-state index in [2.05, 4.69) is 24.4 Å². The van der Waals surface area contributed by atoms with Gasteiger partial charge >= 0.3 is 0 Å². The van der Waals surface area contributed by atoms with E-state index in [1.807, 2.05) is 24.1 Å². The predicted molar refractivity (Wildman–Crippen MR) is 96.3 cm³/mol. The number of piperidine rings is 1. The Labute approximate surface area is 145 Å². The number of nitrogens with zero attached hydrogens (tertiary/aromatic N) is 1. The van der Waals surface area contributed by atoms with Crippen molar-refractivity contribution in [1.82, 2.24) is 10.2 Å². The van der Waals surface area contributed by atoms with E-state index in [-0.39, 0.29) is 5.91 Å². The standard InChI is InChI=1S/C20H30N2O2/c1-3-12-24-19-9-4-15(5-10-19)6-11-20(23)22(2)18-13-16-7-8-17(14-18)21-16/h4-5,9-10,16-18,21H,3,6-8,11-14H2,1-2H3. The Morgan fingerprint density at radius 3 is 2.50 bits per heavy atom. The van der Waals surface area contributed by atoms with Gasteiger partial charge in [-0.05, 0) is 56.2 Å². The van der Waals surface area contributed by atoms with E-state index >= 15 is 0 Å². The lowest BCUT2D eigenvalue weighted by atomic mass is 9.98. The third-order valence-electron chi connectivity index (χ3n) is 5.41. The highest BCUT2D eigenvalue weighted by molar-refractivity contribution is 5.76. The summed E-state index contributed by atoms with van der Waals surface area (Å²) >= 11 is 0. The predicted octanol–water partition coefficient (Wildman–Crippen LogP) is 3.15. The number of hydrogen-bond donors (Lipinski definition) is 1. The minimum atomic E-state index is 0.271. The maximum absolute atomic E-state index is 12.5. The van der Waals surface area contributed by atoms with Gasteiger partial charge in [-0.1, -0.05) is 19.1 Å². The number of benzene rings is 1. The highest BCUT2D eigenvalue weighted by atomic mass is 16.5. The van der Waals surface area contributed by atoms with E-state index in [0.717, 1.165) is 38.0 Å². The van der Waals surface area contributed by atoms with E-state index in [1.54, 1.807) is 0 Å². The summed E-state index contributed by atoms with van der Waals surface area (Å²) in [7, 11) is 1.99. The summed E-state index contributed by atoms with van der Waals surface area (Å²) in [5, 5.41) is 3.64. The quantitative estimate of drug-likeness (QED) is 0.835. The molecule has 2 saturated heterocycles. The highest BCUT2D eigenvalue weighted by Crippen LogP contribution is 2.29. The van der Waals surface area contributed by atoms with E-state index in [9.17, 15) is 4.79 Å². The van der Waals surface area contributed by atoms with Crippen LogP contribution in [0.25, 0.3) is 0 Å². The first-order valence-electron chi connectivity index (χ1n) is 9.39. The minimum absolute atomic E-state index is 0.271. The van der Waals surface area contributed by atoms with Gasteiger partial charge in [-0.15, -0.1) is 0 Å². The zero-order valence-electron chi connectivity index (χ0n) is 15.0. The van der Waals surface area contributed by atoms with E-state index in [0.29, 0.717) is 24.5 Å². The van der Waals surface area contributed by atoms with Crippen molar-refractivity contribution in [3.63, 3.8) is 0 Å². The fraction of sp³-hybridized carbons (Fsp3) is 0.650. The van der Waals surface area contributed by atoms with Gasteiger partial charge in [0, 0.05) is 31.6 Å². The molecule has 132 valence electrons. The van der Waals surface area contributed by atoms with Gasteiger partial charge in [-0.3, -0.25) is 4.79 Å². The molecule has 2 aliphatic heterocycles. The van der Waals surface area contributed by atoms with Crippen LogP contribution in [0.15, 0.2) is 24.3 Å². The van der Waals surface area contributed by atoms with Gasteiger partial charge < -0.3 is 15.0 Å². The molecule has 2 aliphatic rings. The Hall–Kier alpha value is -1.55. The molecule has 0 aliphatic carbocycles. The molecule has 24 heavy (non-hydrogen) atoms. The molecule has 0 spiro atoms. The Morgan fingerprint density at radius 1 is 1.21 bits per heavy atom. The zero-order chi connectivity index (χ0) is 16.9.